The smallest absolute Gasteiger partial charge is 0.148 e. The highest BCUT2D eigenvalue weighted by Gasteiger charge is 2.65. The highest BCUT2D eigenvalue weighted by atomic mass is 15.2. The molecule has 78 valence electrons. The van der Waals surface area contributed by atoms with E-state index >= 15 is 0 Å². The van der Waals surface area contributed by atoms with Crippen molar-refractivity contribution in [3.8, 4) is 0 Å². The second kappa shape index (κ2) is 2.71. The van der Waals surface area contributed by atoms with Crippen molar-refractivity contribution in [3.63, 3.8) is 0 Å². The van der Waals surface area contributed by atoms with E-state index in [4.69, 9.17) is 0 Å². The van der Waals surface area contributed by atoms with Gasteiger partial charge in [-0.25, -0.2) is 0 Å². The zero-order valence-electron chi connectivity index (χ0n) is 8.63. The Balaban J connectivity index is 1.50. The van der Waals surface area contributed by atoms with Crippen molar-refractivity contribution in [2.24, 2.45) is 23.7 Å². The van der Waals surface area contributed by atoms with Crippen LogP contribution in [0.5, 0.6) is 0 Å². The van der Waals surface area contributed by atoms with E-state index in [2.05, 4.69) is 15.5 Å². The quantitative estimate of drug-likeness (QED) is 0.794. The van der Waals surface area contributed by atoms with Gasteiger partial charge in [-0.1, -0.05) is 0 Å². The van der Waals surface area contributed by atoms with Crippen LogP contribution in [-0.2, 0) is 0 Å². The number of hydrogen-bond acceptors (Lipinski definition) is 3. The first kappa shape index (κ1) is 8.08. The van der Waals surface area contributed by atoms with E-state index in [0.717, 1.165) is 29.5 Å². The van der Waals surface area contributed by atoms with Gasteiger partial charge in [0.1, 0.15) is 5.82 Å². The van der Waals surface area contributed by atoms with Gasteiger partial charge >= 0.3 is 0 Å². The number of aromatic nitrogens is 2. The summed E-state index contributed by atoms with van der Waals surface area (Å²) in [7, 11) is 0. The molecule has 3 aliphatic carbocycles. The lowest BCUT2D eigenvalue weighted by molar-refractivity contribution is 0.456. The van der Waals surface area contributed by atoms with E-state index in [0.29, 0.717) is 6.04 Å². The van der Waals surface area contributed by atoms with Crippen LogP contribution in [0.3, 0.4) is 0 Å². The van der Waals surface area contributed by atoms with Gasteiger partial charge in [-0.3, -0.25) is 0 Å². The molecule has 4 atom stereocenters. The first-order chi connectivity index (χ1) is 7.43. The molecule has 1 heterocycles. The number of nitrogens with one attached hydrogen (secondary N) is 1. The molecule has 0 radical (unpaired) electrons. The normalized spacial score (nSPS) is 45.2. The van der Waals surface area contributed by atoms with Crippen LogP contribution in [0.4, 0.5) is 5.82 Å². The number of anilines is 1. The van der Waals surface area contributed by atoms with Gasteiger partial charge in [0.25, 0.3) is 0 Å². The third-order valence-electron chi connectivity index (χ3n) is 4.62. The summed E-state index contributed by atoms with van der Waals surface area (Å²) in [5, 5.41) is 11.5. The minimum atomic E-state index is 0.716. The lowest BCUT2D eigenvalue weighted by Crippen LogP contribution is -2.13. The monoisotopic (exact) mass is 201 g/mol. The molecule has 2 bridgehead atoms. The summed E-state index contributed by atoms with van der Waals surface area (Å²) in [6.45, 7) is 0. The second-order valence-electron chi connectivity index (χ2n) is 5.27. The molecule has 15 heavy (non-hydrogen) atoms. The maximum atomic E-state index is 4.10. The van der Waals surface area contributed by atoms with Crippen LogP contribution in [0.1, 0.15) is 19.3 Å². The molecule has 0 saturated heterocycles. The van der Waals surface area contributed by atoms with Crippen molar-refractivity contribution < 1.29 is 0 Å². The van der Waals surface area contributed by atoms with Gasteiger partial charge in [0, 0.05) is 12.2 Å². The molecule has 0 aromatic carbocycles. The predicted molar refractivity (Wildman–Crippen MR) is 57.3 cm³/mol. The van der Waals surface area contributed by atoms with E-state index in [1.165, 1.54) is 19.3 Å². The maximum Gasteiger partial charge on any atom is 0.148 e. The number of hydrogen-bond donors (Lipinski definition) is 1. The highest BCUT2D eigenvalue weighted by Crippen LogP contribution is 2.66. The number of nitrogens with zero attached hydrogens (tertiary/aromatic N) is 2. The van der Waals surface area contributed by atoms with Crippen LogP contribution in [0.25, 0.3) is 0 Å². The van der Waals surface area contributed by atoms with Gasteiger partial charge in [0.15, 0.2) is 0 Å². The average Bonchev–Trinajstić information content (AvgIpc) is 2.71. The van der Waals surface area contributed by atoms with Crippen LogP contribution in [-0.4, -0.2) is 16.2 Å². The van der Waals surface area contributed by atoms with Gasteiger partial charge in [0.05, 0.1) is 0 Å². The van der Waals surface area contributed by atoms with E-state index in [1.54, 1.807) is 6.20 Å². The lowest BCUT2D eigenvalue weighted by Gasteiger charge is -2.10. The van der Waals surface area contributed by atoms with Gasteiger partial charge < -0.3 is 5.32 Å². The largest absolute Gasteiger partial charge is 0.365 e. The van der Waals surface area contributed by atoms with Crippen molar-refractivity contribution in [2.75, 3.05) is 5.32 Å². The third kappa shape index (κ3) is 1.06. The zero-order valence-corrected chi connectivity index (χ0v) is 8.63. The summed E-state index contributed by atoms with van der Waals surface area (Å²) in [6.07, 6.45) is 6.19. The van der Waals surface area contributed by atoms with Crippen LogP contribution >= 0.6 is 0 Å². The Bertz CT molecular complexity index is 362. The topological polar surface area (TPSA) is 37.8 Å². The van der Waals surface area contributed by atoms with Crippen molar-refractivity contribution >= 4 is 5.82 Å². The Morgan fingerprint density at radius 1 is 1.20 bits per heavy atom. The molecule has 1 aromatic rings. The molecule has 3 nitrogen and oxygen atoms in total. The lowest BCUT2D eigenvalue weighted by atomic mass is 10.0. The Hall–Kier alpha value is -1.12. The van der Waals surface area contributed by atoms with Crippen molar-refractivity contribution in [1.29, 1.82) is 0 Å². The fraction of sp³-hybridized carbons (Fsp3) is 0.667. The molecule has 0 aliphatic heterocycles. The first-order valence-corrected chi connectivity index (χ1v) is 5.98. The Kier molecular flexibility index (Phi) is 1.46. The third-order valence-corrected chi connectivity index (χ3v) is 4.62. The minimum Gasteiger partial charge on any atom is -0.365 e. The summed E-state index contributed by atoms with van der Waals surface area (Å²) in [4.78, 5) is 0. The van der Waals surface area contributed by atoms with E-state index in [9.17, 15) is 0 Å². The molecule has 3 heteroatoms. The SMILES string of the molecule is c1cnnc(NC2C3C4CCC(C4)C23)c1. The fourth-order valence-corrected chi connectivity index (χ4v) is 4.07. The molecule has 4 rings (SSSR count). The van der Waals surface area contributed by atoms with Crippen LogP contribution < -0.4 is 5.32 Å². The Morgan fingerprint density at radius 2 is 2.00 bits per heavy atom. The second-order valence-corrected chi connectivity index (χ2v) is 5.27. The van der Waals surface area contributed by atoms with Gasteiger partial charge in [-0.2, -0.15) is 5.10 Å². The zero-order chi connectivity index (χ0) is 9.83. The number of rotatable bonds is 2. The van der Waals surface area contributed by atoms with Gasteiger partial charge in [0.2, 0.25) is 0 Å². The van der Waals surface area contributed by atoms with E-state index in [-0.39, 0.29) is 0 Å². The molecular formula is C12H15N3. The average molecular weight is 201 g/mol. The van der Waals surface area contributed by atoms with Crippen molar-refractivity contribution in [2.45, 2.75) is 25.3 Å². The van der Waals surface area contributed by atoms with Crippen molar-refractivity contribution in [1.82, 2.24) is 10.2 Å². The summed E-state index contributed by atoms with van der Waals surface area (Å²) in [5.74, 6) is 4.93. The van der Waals surface area contributed by atoms with Crippen LogP contribution in [0, 0.1) is 23.7 Å². The molecule has 0 spiro atoms. The molecule has 1 aromatic heterocycles. The van der Waals surface area contributed by atoms with E-state index < -0.39 is 0 Å². The summed E-state index contributed by atoms with van der Waals surface area (Å²) >= 11 is 0. The molecule has 4 unspecified atom stereocenters. The maximum absolute atomic E-state index is 4.10. The number of fused-ring (bicyclic) bond motifs is 5. The molecule has 1 N–H and O–H groups in total. The molecule has 3 saturated carbocycles. The fourth-order valence-electron chi connectivity index (χ4n) is 4.07. The predicted octanol–water partition coefficient (Wildman–Crippen LogP) is 1.93. The highest BCUT2D eigenvalue weighted by molar-refractivity contribution is 5.38. The molecular weight excluding hydrogens is 186 g/mol. The molecule has 3 fully saturated rings. The Labute approximate surface area is 89.3 Å². The molecule has 3 aliphatic rings. The standard InChI is InChI=1S/C12H15N3/c1-2-9(15-13-5-1)14-12-10-7-3-4-8(6-7)11(10)12/h1-2,5,7-8,10-12H,3-4,6H2,(H,14,15). The Morgan fingerprint density at radius 3 is 2.67 bits per heavy atom. The first-order valence-electron chi connectivity index (χ1n) is 5.98. The van der Waals surface area contributed by atoms with Gasteiger partial charge in [-0.05, 0) is 55.1 Å². The van der Waals surface area contributed by atoms with Crippen LogP contribution in [0.15, 0.2) is 18.3 Å². The van der Waals surface area contributed by atoms with E-state index in [1.807, 2.05) is 12.1 Å². The minimum absolute atomic E-state index is 0.716. The summed E-state index contributed by atoms with van der Waals surface area (Å²) < 4.78 is 0. The molecule has 0 amide bonds. The van der Waals surface area contributed by atoms with Crippen molar-refractivity contribution in [3.05, 3.63) is 18.3 Å². The summed E-state index contributed by atoms with van der Waals surface area (Å²) in [6, 6.07) is 4.68. The van der Waals surface area contributed by atoms with Crippen LogP contribution in [0.2, 0.25) is 0 Å². The summed E-state index contributed by atoms with van der Waals surface area (Å²) in [5.41, 5.74) is 0. The van der Waals surface area contributed by atoms with Gasteiger partial charge in [-0.15, -0.1) is 5.10 Å².